The van der Waals surface area contributed by atoms with Crippen LogP contribution in [-0.2, 0) is 15.8 Å². The number of hydrogen-bond acceptors (Lipinski definition) is 5. The van der Waals surface area contributed by atoms with E-state index in [9.17, 15) is 8.42 Å². The maximum Gasteiger partial charge on any atom is 0.264 e. The summed E-state index contributed by atoms with van der Waals surface area (Å²) in [6.07, 6.45) is 1.76. The molecular weight excluding hydrogens is 460 g/mol. The van der Waals surface area contributed by atoms with Gasteiger partial charge in [-0.2, -0.15) is 11.8 Å². The van der Waals surface area contributed by atoms with Crippen LogP contribution in [0, 0.1) is 0 Å². The predicted molar refractivity (Wildman–Crippen MR) is 111 cm³/mol. The van der Waals surface area contributed by atoms with Crippen LogP contribution < -0.4 is 10.0 Å². The molecule has 2 aromatic rings. The fraction of sp³-hybridized carbons (Fsp3) is 0.250. The molecule has 0 aliphatic rings. The lowest BCUT2D eigenvalue weighted by molar-refractivity contribution is 0.591. The topological polar surface area (TPSA) is 83.4 Å². The van der Waals surface area contributed by atoms with Gasteiger partial charge in [-0.1, -0.05) is 11.6 Å². The molecule has 26 heavy (non-hydrogen) atoms. The lowest BCUT2D eigenvalue weighted by Gasteiger charge is -2.12. The zero-order chi connectivity index (χ0) is 19.0. The first-order valence-corrected chi connectivity index (χ1v) is 11.4. The van der Waals surface area contributed by atoms with E-state index in [0.29, 0.717) is 11.6 Å². The SMILES string of the molecule is CN=C(NCCSCc1ncccc1Br)NS(=O)(=O)c1ccc(Cl)cc1. The number of rotatable bonds is 7. The number of aliphatic imine (C=N–C) groups is 1. The summed E-state index contributed by atoms with van der Waals surface area (Å²) in [6.45, 7) is 0.560. The number of sulfonamides is 1. The van der Waals surface area contributed by atoms with E-state index in [1.165, 1.54) is 31.3 Å². The van der Waals surface area contributed by atoms with Gasteiger partial charge >= 0.3 is 0 Å². The minimum atomic E-state index is -3.70. The number of halogens is 2. The average molecular weight is 478 g/mol. The second-order valence-electron chi connectivity index (χ2n) is 5.04. The van der Waals surface area contributed by atoms with Crippen molar-refractivity contribution in [1.82, 2.24) is 15.0 Å². The molecule has 0 radical (unpaired) electrons. The highest BCUT2D eigenvalue weighted by molar-refractivity contribution is 9.10. The van der Waals surface area contributed by atoms with Crippen LogP contribution in [-0.4, -0.2) is 38.7 Å². The molecule has 10 heteroatoms. The monoisotopic (exact) mass is 476 g/mol. The predicted octanol–water partition coefficient (Wildman–Crippen LogP) is 3.28. The van der Waals surface area contributed by atoms with Gasteiger partial charge in [0.1, 0.15) is 0 Å². The number of benzene rings is 1. The highest BCUT2D eigenvalue weighted by Crippen LogP contribution is 2.18. The van der Waals surface area contributed by atoms with E-state index in [2.05, 4.69) is 35.9 Å². The van der Waals surface area contributed by atoms with Crippen LogP contribution in [0.1, 0.15) is 5.69 Å². The van der Waals surface area contributed by atoms with Crippen LogP contribution in [0.2, 0.25) is 5.02 Å². The minimum Gasteiger partial charge on any atom is -0.355 e. The van der Waals surface area contributed by atoms with Crippen molar-refractivity contribution in [3.05, 3.63) is 57.8 Å². The van der Waals surface area contributed by atoms with Crippen LogP contribution >= 0.6 is 39.3 Å². The van der Waals surface area contributed by atoms with E-state index in [4.69, 9.17) is 11.6 Å². The van der Waals surface area contributed by atoms with Crippen LogP contribution in [0.5, 0.6) is 0 Å². The molecule has 0 atom stereocenters. The molecule has 6 nitrogen and oxygen atoms in total. The first kappa shape index (κ1) is 21.0. The van der Waals surface area contributed by atoms with Crippen LogP contribution in [0.25, 0.3) is 0 Å². The van der Waals surface area contributed by atoms with Gasteiger partial charge in [0, 0.05) is 40.8 Å². The molecule has 0 aliphatic carbocycles. The van der Waals surface area contributed by atoms with Gasteiger partial charge in [0.05, 0.1) is 10.6 Å². The molecule has 0 saturated heterocycles. The Bertz CT molecular complexity index is 861. The van der Waals surface area contributed by atoms with Gasteiger partial charge in [-0.15, -0.1) is 0 Å². The largest absolute Gasteiger partial charge is 0.355 e. The van der Waals surface area contributed by atoms with E-state index >= 15 is 0 Å². The lowest BCUT2D eigenvalue weighted by Crippen LogP contribution is -2.41. The van der Waals surface area contributed by atoms with E-state index in [-0.39, 0.29) is 10.9 Å². The summed E-state index contributed by atoms with van der Waals surface area (Å²) < 4.78 is 28.1. The highest BCUT2D eigenvalue weighted by atomic mass is 79.9. The fourth-order valence-corrected chi connectivity index (χ4v) is 4.45. The Kier molecular flexibility index (Phi) is 8.20. The molecule has 1 aromatic carbocycles. The molecule has 0 unspecified atom stereocenters. The van der Waals surface area contributed by atoms with Crippen LogP contribution in [0.4, 0.5) is 0 Å². The fourth-order valence-electron chi connectivity index (χ4n) is 1.90. The third-order valence-corrected chi connectivity index (χ3v) is 6.49. The average Bonchev–Trinajstić information content (AvgIpc) is 2.62. The quantitative estimate of drug-likeness (QED) is 0.363. The molecular formula is C16H18BrClN4O2S2. The summed E-state index contributed by atoms with van der Waals surface area (Å²) in [5.74, 6) is 1.72. The third kappa shape index (κ3) is 6.46. The Morgan fingerprint density at radius 3 is 2.69 bits per heavy atom. The number of pyridine rings is 1. The lowest BCUT2D eigenvalue weighted by atomic mass is 10.4. The molecule has 0 bridgehead atoms. The number of hydrogen-bond donors (Lipinski definition) is 2. The van der Waals surface area contributed by atoms with Crippen molar-refractivity contribution < 1.29 is 8.42 Å². The standard InChI is InChI=1S/C16H18BrClN4O2S2/c1-19-16(22-26(23,24)13-6-4-12(18)5-7-13)21-9-10-25-11-15-14(17)3-2-8-20-15/h2-8H,9-11H2,1H3,(H2,19,21,22). The summed E-state index contributed by atoms with van der Waals surface area (Å²) in [5.41, 5.74) is 0.977. The van der Waals surface area contributed by atoms with Crippen LogP contribution in [0.15, 0.2) is 57.0 Å². The zero-order valence-corrected chi connectivity index (χ0v) is 17.9. The van der Waals surface area contributed by atoms with E-state index < -0.39 is 10.0 Å². The van der Waals surface area contributed by atoms with Crippen molar-refractivity contribution in [2.45, 2.75) is 10.6 Å². The highest BCUT2D eigenvalue weighted by Gasteiger charge is 2.15. The molecule has 0 amide bonds. The maximum atomic E-state index is 12.3. The summed E-state index contributed by atoms with van der Waals surface area (Å²) in [5, 5.41) is 3.46. The molecule has 0 saturated carbocycles. The molecule has 1 heterocycles. The third-order valence-electron chi connectivity index (χ3n) is 3.19. The number of aromatic nitrogens is 1. The van der Waals surface area contributed by atoms with Gasteiger partial charge in [-0.25, -0.2) is 13.1 Å². The van der Waals surface area contributed by atoms with E-state index in [1.54, 1.807) is 18.0 Å². The number of guanidine groups is 1. The molecule has 0 spiro atoms. The maximum absolute atomic E-state index is 12.3. The van der Waals surface area contributed by atoms with Crippen molar-refractivity contribution in [2.75, 3.05) is 19.3 Å². The van der Waals surface area contributed by atoms with Crippen molar-refractivity contribution >= 4 is 55.3 Å². The Hall–Kier alpha value is -1.29. The first-order chi connectivity index (χ1) is 12.4. The smallest absolute Gasteiger partial charge is 0.264 e. The zero-order valence-electron chi connectivity index (χ0n) is 13.9. The molecule has 2 N–H and O–H groups in total. The second-order valence-corrected chi connectivity index (χ2v) is 9.12. The molecule has 140 valence electrons. The van der Waals surface area contributed by atoms with Crippen molar-refractivity contribution in [2.24, 2.45) is 4.99 Å². The second kappa shape index (κ2) is 10.1. The first-order valence-electron chi connectivity index (χ1n) is 7.58. The van der Waals surface area contributed by atoms with Gasteiger partial charge in [-0.05, 0) is 52.3 Å². The van der Waals surface area contributed by atoms with Gasteiger partial charge < -0.3 is 5.32 Å². The Labute approximate surface area is 171 Å². The number of nitrogens with zero attached hydrogens (tertiary/aromatic N) is 2. The van der Waals surface area contributed by atoms with Crippen LogP contribution in [0.3, 0.4) is 0 Å². The molecule has 2 rings (SSSR count). The van der Waals surface area contributed by atoms with Crippen molar-refractivity contribution in [3.63, 3.8) is 0 Å². The summed E-state index contributed by atoms with van der Waals surface area (Å²) in [6, 6.07) is 9.76. The van der Waals surface area contributed by atoms with E-state index in [0.717, 1.165) is 21.7 Å². The summed E-state index contributed by atoms with van der Waals surface area (Å²) in [4.78, 5) is 8.37. The summed E-state index contributed by atoms with van der Waals surface area (Å²) >= 11 is 10.9. The van der Waals surface area contributed by atoms with Gasteiger partial charge in [0.15, 0.2) is 0 Å². The Morgan fingerprint density at radius 2 is 2.04 bits per heavy atom. The van der Waals surface area contributed by atoms with E-state index in [1.807, 2.05) is 12.1 Å². The minimum absolute atomic E-state index is 0.124. The molecule has 1 aromatic heterocycles. The number of thioether (sulfide) groups is 1. The van der Waals surface area contributed by atoms with Crippen molar-refractivity contribution in [1.29, 1.82) is 0 Å². The summed E-state index contributed by atoms with van der Waals surface area (Å²) in [7, 11) is -2.19. The van der Waals surface area contributed by atoms with Gasteiger partial charge in [-0.3, -0.25) is 9.98 Å². The van der Waals surface area contributed by atoms with Gasteiger partial charge in [0.2, 0.25) is 5.96 Å². The Balaban J connectivity index is 1.80. The van der Waals surface area contributed by atoms with Crippen molar-refractivity contribution in [3.8, 4) is 0 Å². The number of nitrogens with one attached hydrogen (secondary N) is 2. The molecule has 0 fully saturated rings. The normalized spacial score (nSPS) is 12.0. The molecule has 0 aliphatic heterocycles. The van der Waals surface area contributed by atoms with Gasteiger partial charge in [0.25, 0.3) is 10.0 Å². The Morgan fingerprint density at radius 1 is 1.31 bits per heavy atom.